The van der Waals surface area contributed by atoms with Crippen LogP contribution in [0.2, 0.25) is 0 Å². The Labute approximate surface area is 479 Å². The van der Waals surface area contributed by atoms with E-state index < -0.39 is 0 Å². The lowest BCUT2D eigenvalue weighted by atomic mass is 9.84. The molecular formula is C82H50O. The Balaban J connectivity index is 0.000000132. The van der Waals surface area contributed by atoms with Crippen LogP contribution in [0.5, 0.6) is 0 Å². The number of hydrogen-bond donors (Lipinski definition) is 0. The van der Waals surface area contributed by atoms with Crippen LogP contribution >= 0.6 is 0 Å². The summed E-state index contributed by atoms with van der Waals surface area (Å²) >= 11 is 0. The predicted molar refractivity (Wildman–Crippen MR) is 355 cm³/mol. The molecule has 0 saturated heterocycles. The summed E-state index contributed by atoms with van der Waals surface area (Å²) in [7, 11) is 0. The molecule has 17 aromatic carbocycles. The van der Waals surface area contributed by atoms with E-state index in [0.717, 1.165) is 21.9 Å². The molecule has 384 valence electrons. The zero-order valence-corrected chi connectivity index (χ0v) is 45.3. The van der Waals surface area contributed by atoms with E-state index in [0.29, 0.717) is 0 Å². The summed E-state index contributed by atoms with van der Waals surface area (Å²) < 4.78 is 6.16. The second-order valence-corrected chi connectivity index (χ2v) is 22.2. The summed E-state index contributed by atoms with van der Waals surface area (Å²) in [6.45, 7) is 0. The summed E-state index contributed by atoms with van der Waals surface area (Å²) in [5, 5.41) is 23.2. The van der Waals surface area contributed by atoms with Crippen molar-refractivity contribution in [2.45, 2.75) is 0 Å². The van der Waals surface area contributed by atoms with Gasteiger partial charge in [-0.05, 0) is 189 Å². The molecule has 18 aromatic rings. The van der Waals surface area contributed by atoms with Crippen LogP contribution in [0.25, 0.3) is 175 Å². The van der Waals surface area contributed by atoms with Crippen molar-refractivity contribution in [2.75, 3.05) is 0 Å². The van der Waals surface area contributed by atoms with Crippen molar-refractivity contribution in [2.24, 2.45) is 0 Å². The molecule has 0 spiro atoms. The Bertz CT molecular complexity index is 5330. The Morgan fingerprint density at radius 3 is 1.12 bits per heavy atom. The van der Waals surface area contributed by atoms with Crippen LogP contribution in [0.1, 0.15) is 0 Å². The summed E-state index contributed by atoms with van der Waals surface area (Å²) in [5.74, 6) is 0. The Hall–Kier alpha value is -10.9. The van der Waals surface area contributed by atoms with Gasteiger partial charge in [0.15, 0.2) is 0 Å². The van der Waals surface area contributed by atoms with Crippen molar-refractivity contribution in [1.82, 2.24) is 0 Å². The van der Waals surface area contributed by atoms with Crippen molar-refractivity contribution in [3.05, 3.63) is 303 Å². The number of hydrogen-bond acceptors (Lipinski definition) is 1. The van der Waals surface area contributed by atoms with Gasteiger partial charge in [0, 0.05) is 10.8 Å². The molecule has 0 N–H and O–H groups in total. The highest BCUT2D eigenvalue weighted by Gasteiger charge is 2.20. The second kappa shape index (κ2) is 18.9. The highest BCUT2D eigenvalue weighted by atomic mass is 16.3. The van der Waals surface area contributed by atoms with Gasteiger partial charge < -0.3 is 4.42 Å². The van der Waals surface area contributed by atoms with E-state index in [9.17, 15) is 0 Å². The fourth-order valence-electron chi connectivity index (χ4n) is 13.8. The highest BCUT2D eigenvalue weighted by molar-refractivity contribution is 6.27. The topological polar surface area (TPSA) is 13.1 Å². The van der Waals surface area contributed by atoms with Gasteiger partial charge in [-0.1, -0.05) is 267 Å². The van der Waals surface area contributed by atoms with Crippen molar-refractivity contribution in [3.8, 4) is 66.8 Å². The minimum Gasteiger partial charge on any atom is -0.456 e. The van der Waals surface area contributed by atoms with E-state index in [1.807, 2.05) is 12.1 Å². The lowest BCUT2D eigenvalue weighted by Crippen LogP contribution is -1.91. The molecule has 1 nitrogen and oxygen atoms in total. The third-order valence-electron chi connectivity index (χ3n) is 17.6. The molecule has 0 aliphatic heterocycles. The first-order valence-electron chi connectivity index (χ1n) is 28.7. The summed E-state index contributed by atoms with van der Waals surface area (Å²) in [6, 6.07) is 111. The smallest absolute Gasteiger partial charge is 0.135 e. The SMILES string of the molecule is c1cc(-c2cccc(-c3ccc4ccc5cccc6ccc3c4c56)c2)cc(-c2ccc3ccc4cccc5ccc2c3c45)c1.c1ccc(-c2ccc3c(-c4ccc5oc6ccccc6c5c4)c4ccccc4c(-c4ccccc4)c3c2)cc1. The first kappa shape index (κ1) is 47.0. The molecule has 0 aliphatic carbocycles. The molecule has 0 aliphatic rings. The monoisotopic (exact) mass is 1050 g/mol. The first-order chi connectivity index (χ1) is 41.1. The number of fused-ring (bicyclic) bond motifs is 5. The molecule has 0 atom stereocenters. The van der Waals surface area contributed by atoms with E-state index in [2.05, 4.69) is 291 Å². The minimum atomic E-state index is 0.917. The van der Waals surface area contributed by atoms with Gasteiger partial charge in [-0.15, -0.1) is 0 Å². The van der Waals surface area contributed by atoms with Crippen molar-refractivity contribution in [1.29, 1.82) is 0 Å². The average Bonchev–Trinajstić information content (AvgIpc) is 2.35. The van der Waals surface area contributed by atoms with Gasteiger partial charge in [0.1, 0.15) is 11.2 Å². The van der Waals surface area contributed by atoms with Gasteiger partial charge in [-0.2, -0.15) is 0 Å². The maximum absolute atomic E-state index is 6.16. The van der Waals surface area contributed by atoms with E-state index in [4.69, 9.17) is 4.42 Å². The van der Waals surface area contributed by atoms with Crippen LogP contribution in [0, 0.1) is 0 Å². The van der Waals surface area contributed by atoms with Crippen molar-refractivity contribution in [3.63, 3.8) is 0 Å². The van der Waals surface area contributed by atoms with Gasteiger partial charge in [0.25, 0.3) is 0 Å². The Kier molecular flexibility index (Phi) is 10.7. The zero-order chi connectivity index (χ0) is 54.5. The number of para-hydroxylation sites is 1. The molecule has 0 fully saturated rings. The Morgan fingerprint density at radius 1 is 0.169 bits per heavy atom. The van der Waals surface area contributed by atoms with Crippen LogP contribution < -0.4 is 0 Å². The van der Waals surface area contributed by atoms with E-state index in [1.54, 1.807) is 0 Å². The lowest BCUT2D eigenvalue weighted by Gasteiger charge is -2.19. The summed E-state index contributed by atoms with van der Waals surface area (Å²) in [4.78, 5) is 0. The van der Waals surface area contributed by atoms with Crippen LogP contribution in [-0.2, 0) is 0 Å². The molecule has 0 saturated carbocycles. The van der Waals surface area contributed by atoms with Crippen molar-refractivity contribution >= 4 is 108 Å². The molecule has 0 amide bonds. The molecule has 0 radical (unpaired) electrons. The van der Waals surface area contributed by atoms with Gasteiger partial charge in [-0.3, -0.25) is 0 Å². The molecular weight excluding hydrogens is 1000 g/mol. The second-order valence-electron chi connectivity index (χ2n) is 22.2. The average molecular weight is 1050 g/mol. The van der Waals surface area contributed by atoms with Gasteiger partial charge >= 0.3 is 0 Å². The zero-order valence-electron chi connectivity index (χ0n) is 45.3. The molecule has 18 rings (SSSR count). The molecule has 1 heterocycles. The quantitative estimate of drug-likeness (QED) is 0.119. The number of furan rings is 1. The molecule has 1 aromatic heterocycles. The van der Waals surface area contributed by atoms with Crippen LogP contribution in [-0.4, -0.2) is 0 Å². The normalized spacial score (nSPS) is 11.9. The Morgan fingerprint density at radius 2 is 0.542 bits per heavy atom. The minimum absolute atomic E-state index is 0.917. The number of rotatable bonds is 6. The van der Waals surface area contributed by atoms with Crippen LogP contribution in [0.4, 0.5) is 0 Å². The standard InChI is InChI=1S/C44H26.C38H24O/c1-5-27-13-15-31-17-21-37(39-23-19-29(7-1)41(27)43(31)39)35-11-3-9-33(25-35)34-10-4-12-36(26-34)38-22-18-32-16-14-28-6-2-8-30-20-24-40(38)44(32)42(28)30;1-3-11-25(12-4-1)27-19-21-32-34(23-27)37(26-13-5-2-6-14-26)30-16-7-8-17-31(30)38(32)28-20-22-36-33(24-28)29-15-9-10-18-35(29)39-36/h1-26H;1-24H. The van der Waals surface area contributed by atoms with Crippen molar-refractivity contribution < 1.29 is 4.42 Å². The van der Waals surface area contributed by atoms with Gasteiger partial charge in [-0.25, -0.2) is 0 Å². The van der Waals surface area contributed by atoms with E-state index >= 15 is 0 Å². The summed E-state index contributed by atoms with van der Waals surface area (Å²) in [5.41, 5.74) is 16.7. The van der Waals surface area contributed by atoms with E-state index in [-0.39, 0.29) is 0 Å². The van der Waals surface area contributed by atoms with Crippen LogP contribution in [0.15, 0.2) is 308 Å². The molecule has 83 heavy (non-hydrogen) atoms. The predicted octanol–water partition coefficient (Wildman–Crippen LogP) is 23.4. The fraction of sp³-hybridized carbons (Fsp3) is 0. The highest BCUT2D eigenvalue weighted by Crippen LogP contribution is 2.47. The lowest BCUT2D eigenvalue weighted by molar-refractivity contribution is 0.669. The van der Waals surface area contributed by atoms with E-state index in [1.165, 1.54) is 153 Å². The van der Waals surface area contributed by atoms with Gasteiger partial charge in [0.2, 0.25) is 0 Å². The fourth-order valence-corrected chi connectivity index (χ4v) is 13.8. The maximum Gasteiger partial charge on any atom is 0.135 e. The molecule has 0 bridgehead atoms. The molecule has 1 heteroatoms. The van der Waals surface area contributed by atoms with Gasteiger partial charge in [0.05, 0.1) is 0 Å². The largest absolute Gasteiger partial charge is 0.456 e. The first-order valence-corrected chi connectivity index (χ1v) is 28.7. The van der Waals surface area contributed by atoms with Crippen LogP contribution in [0.3, 0.4) is 0 Å². The third kappa shape index (κ3) is 7.63. The molecule has 0 unspecified atom stereocenters. The third-order valence-corrected chi connectivity index (χ3v) is 17.6. The summed E-state index contributed by atoms with van der Waals surface area (Å²) in [6.07, 6.45) is 0. The number of benzene rings is 17. The maximum atomic E-state index is 6.16.